The third kappa shape index (κ3) is 2.05. The zero-order chi connectivity index (χ0) is 10.7. The number of oxime groups is 1. The molecule has 1 aromatic heterocycles. The molecule has 0 saturated carbocycles. The van der Waals surface area contributed by atoms with E-state index in [0.717, 1.165) is 0 Å². The van der Waals surface area contributed by atoms with Crippen LogP contribution in [0, 0.1) is 0 Å². The Morgan fingerprint density at radius 2 is 2.33 bits per heavy atom. The molecular formula is C10H7ClN2O2. The molecule has 0 saturated heterocycles. The molecule has 1 aromatic rings. The molecule has 0 spiro atoms. The van der Waals surface area contributed by atoms with Gasteiger partial charge in [0.05, 0.1) is 17.1 Å². The lowest BCUT2D eigenvalue weighted by Gasteiger charge is -1.94. The number of rotatable bonds is 2. The zero-order valence-corrected chi connectivity index (χ0v) is 8.44. The number of pyridine rings is 1. The van der Waals surface area contributed by atoms with Gasteiger partial charge in [0.1, 0.15) is 5.71 Å². The largest absolute Gasteiger partial charge is 0.367 e. The summed E-state index contributed by atoms with van der Waals surface area (Å²) in [4.78, 5) is 19.8. The highest BCUT2D eigenvalue weighted by atomic mass is 35.5. The fraction of sp³-hybridized carbons (Fsp3) is 0.100. The first-order valence-corrected chi connectivity index (χ1v) is 4.82. The van der Waals surface area contributed by atoms with Crippen molar-refractivity contribution < 1.29 is 9.63 Å². The molecule has 0 bridgehead atoms. The second-order valence-corrected chi connectivity index (χ2v) is 3.13. The predicted octanol–water partition coefficient (Wildman–Crippen LogP) is 1.62. The number of hydrogen-bond acceptors (Lipinski definition) is 4. The van der Waals surface area contributed by atoms with Gasteiger partial charge < -0.3 is 4.84 Å². The van der Waals surface area contributed by atoms with Crippen LogP contribution in [0.2, 0.25) is 0 Å². The molecule has 2 heterocycles. The van der Waals surface area contributed by atoms with E-state index in [-0.39, 0.29) is 5.88 Å². The van der Waals surface area contributed by atoms with Crippen molar-refractivity contribution in [1.29, 1.82) is 0 Å². The SMILES string of the molecule is O=C1ON=C(CCl)C1=Cc1ccccn1. The number of nitrogens with zero attached hydrogens (tertiary/aromatic N) is 2. The summed E-state index contributed by atoms with van der Waals surface area (Å²) in [7, 11) is 0. The molecular weight excluding hydrogens is 216 g/mol. The number of alkyl halides is 1. The molecule has 0 amide bonds. The van der Waals surface area contributed by atoms with Gasteiger partial charge >= 0.3 is 5.97 Å². The molecule has 2 rings (SSSR count). The smallest absolute Gasteiger partial charge is 0.312 e. The molecule has 0 fully saturated rings. The molecule has 15 heavy (non-hydrogen) atoms. The number of halogens is 1. The lowest BCUT2D eigenvalue weighted by Crippen LogP contribution is -2.06. The van der Waals surface area contributed by atoms with Gasteiger partial charge in [-0.3, -0.25) is 4.98 Å². The highest BCUT2D eigenvalue weighted by molar-refractivity contribution is 6.38. The summed E-state index contributed by atoms with van der Waals surface area (Å²) in [5.41, 5.74) is 1.47. The van der Waals surface area contributed by atoms with E-state index in [9.17, 15) is 4.79 Å². The Morgan fingerprint density at radius 1 is 1.47 bits per heavy atom. The van der Waals surface area contributed by atoms with Crippen molar-refractivity contribution in [2.45, 2.75) is 0 Å². The number of carbonyl (C=O) groups excluding carboxylic acids is 1. The van der Waals surface area contributed by atoms with Gasteiger partial charge in [0.25, 0.3) is 0 Å². The Morgan fingerprint density at radius 3 is 3.00 bits per heavy atom. The fourth-order valence-corrected chi connectivity index (χ4v) is 1.35. The summed E-state index contributed by atoms with van der Waals surface area (Å²) in [6.07, 6.45) is 3.25. The molecule has 0 radical (unpaired) electrons. The lowest BCUT2D eigenvalue weighted by molar-refractivity contribution is -0.136. The van der Waals surface area contributed by atoms with E-state index in [0.29, 0.717) is 17.0 Å². The average molecular weight is 223 g/mol. The molecule has 1 aliphatic rings. The van der Waals surface area contributed by atoms with Gasteiger partial charge in [-0.15, -0.1) is 11.6 Å². The molecule has 0 aromatic carbocycles. The van der Waals surface area contributed by atoms with Crippen LogP contribution in [0.15, 0.2) is 35.1 Å². The Kier molecular flexibility index (Phi) is 2.78. The quantitative estimate of drug-likeness (QED) is 0.434. The monoisotopic (exact) mass is 222 g/mol. The van der Waals surface area contributed by atoms with E-state index in [1.54, 1.807) is 24.4 Å². The van der Waals surface area contributed by atoms with Crippen molar-refractivity contribution >= 4 is 29.4 Å². The maximum atomic E-state index is 11.3. The normalized spacial score (nSPS) is 17.8. The summed E-state index contributed by atoms with van der Waals surface area (Å²) in [6, 6.07) is 5.41. The summed E-state index contributed by atoms with van der Waals surface area (Å²) < 4.78 is 0. The molecule has 0 N–H and O–H groups in total. The first-order valence-electron chi connectivity index (χ1n) is 4.28. The van der Waals surface area contributed by atoms with Crippen LogP contribution in [0.3, 0.4) is 0 Å². The van der Waals surface area contributed by atoms with Crippen molar-refractivity contribution in [3.05, 3.63) is 35.7 Å². The van der Waals surface area contributed by atoms with Gasteiger partial charge in [-0.1, -0.05) is 11.2 Å². The van der Waals surface area contributed by atoms with Crippen LogP contribution < -0.4 is 0 Å². The van der Waals surface area contributed by atoms with E-state index in [4.69, 9.17) is 11.6 Å². The summed E-state index contributed by atoms with van der Waals surface area (Å²) in [6.45, 7) is 0. The minimum Gasteiger partial charge on any atom is -0.312 e. The number of hydrogen-bond donors (Lipinski definition) is 0. The van der Waals surface area contributed by atoms with Crippen LogP contribution in [-0.2, 0) is 9.63 Å². The summed E-state index contributed by atoms with van der Waals surface area (Å²) in [5.74, 6) is -0.346. The highest BCUT2D eigenvalue weighted by Gasteiger charge is 2.24. The van der Waals surface area contributed by atoms with Gasteiger partial charge in [0, 0.05) is 6.20 Å². The molecule has 0 aliphatic carbocycles. The molecule has 76 valence electrons. The first-order chi connectivity index (χ1) is 7.31. The highest BCUT2D eigenvalue weighted by Crippen LogP contribution is 2.15. The predicted molar refractivity (Wildman–Crippen MR) is 56.5 cm³/mol. The van der Waals surface area contributed by atoms with Gasteiger partial charge in [-0.2, -0.15) is 0 Å². The Balaban J connectivity index is 2.34. The fourth-order valence-electron chi connectivity index (χ4n) is 1.16. The topological polar surface area (TPSA) is 51.5 Å². The maximum Gasteiger partial charge on any atom is 0.367 e. The second kappa shape index (κ2) is 4.23. The second-order valence-electron chi connectivity index (χ2n) is 2.86. The van der Waals surface area contributed by atoms with E-state index in [1.165, 1.54) is 0 Å². The van der Waals surface area contributed by atoms with E-state index in [1.807, 2.05) is 6.07 Å². The van der Waals surface area contributed by atoms with Crippen LogP contribution >= 0.6 is 11.6 Å². The van der Waals surface area contributed by atoms with Gasteiger partial charge in [0.15, 0.2) is 0 Å². The Hall–Kier alpha value is -1.68. The van der Waals surface area contributed by atoms with E-state index >= 15 is 0 Å². The maximum absolute atomic E-state index is 11.3. The molecule has 0 atom stereocenters. The van der Waals surface area contributed by atoms with E-state index in [2.05, 4.69) is 15.0 Å². The minimum absolute atomic E-state index is 0.143. The minimum atomic E-state index is -0.490. The van der Waals surface area contributed by atoms with E-state index < -0.39 is 5.97 Å². The molecule has 0 unspecified atom stereocenters. The average Bonchev–Trinajstić information content (AvgIpc) is 2.62. The third-order valence-electron chi connectivity index (χ3n) is 1.88. The van der Waals surface area contributed by atoms with Crippen molar-refractivity contribution in [3.63, 3.8) is 0 Å². The van der Waals surface area contributed by atoms with Crippen LogP contribution in [-0.4, -0.2) is 22.5 Å². The molecule has 4 nitrogen and oxygen atoms in total. The van der Waals surface area contributed by atoms with Crippen molar-refractivity contribution in [1.82, 2.24) is 4.98 Å². The zero-order valence-electron chi connectivity index (χ0n) is 7.68. The summed E-state index contributed by atoms with van der Waals surface area (Å²) in [5, 5.41) is 3.55. The van der Waals surface area contributed by atoms with Crippen LogP contribution in [0.5, 0.6) is 0 Å². The standard InChI is InChI=1S/C10H7ClN2O2/c11-6-9-8(10(14)15-13-9)5-7-3-1-2-4-12-7/h1-5H,6H2. The summed E-state index contributed by atoms with van der Waals surface area (Å²) >= 11 is 5.61. The number of aromatic nitrogens is 1. The van der Waals surface area contributed by atoms with Crippen LogP contribution in [0.4, 0.5) is 0 Å². The van der Waals surface area contributed by atoms with Gasteiger partial charge in [-0.05, 0) is 18.2 Å². The van der Waals surface area contributed by atoms with Crippen LogP contribution in [0.25, 0.3) is 6.08 Å². The Labute approximate surface area is 91.2 Å². The Bertz CT molecular complexity index is 440. The lowest BCUT2D eigenvalue weighted by atomic mass is 10.1. The van der Waals surface area contributed by atoms with Crippen molar-refractivity contribution in [2.24, 2.45) is 5.16 Å². The number of carbonyl (C=O) groups is 1. The van der Waals surface area contributed by atoms with Crippen LogP contribution in [0.1, 0.15) is 5.69 Å². The van der Waals surface area contributed by atoms with Crippen molar-refractivity contribution in [3.8, 4) is 0 Å². The van der Waals surface area contributed by atoms with Gasteiger partial charge in [0.2, 0.25) is 0 Å². The van der Waals surface area contributed by atoms with Crippen molar-refractivity contribution in [2.75, 3.05) is 5.88 Å². The first kappa shape index (κ1) is 9.86. The molecule has 1 aliphatic heterocycles. The third-order valence-corrected chi connectivity index (χ3v) is 2.13. The molecule has 5 heteroatoms. The van der Waals surface area contributed by atoms with Gasteiger partial charge in [-0.25, -0.2) is 4.79 Å².